The fourth-order valence-electron chi connectivity index (χ4n) is 2.64. The van der Waals surface area contributed by atoms with Gasteiger partial charge in [0.2, 0.25) is 0 Å². The third-order valence-corrected chi connectivity index (χ3v) is 3.79. The Kier molecular flexibility index (Phi) is 3.77. The first kappa shape index (κ1) is 13.5. The van der Waals surface area contributed by atoms with Crippen LogP contribution in [0.5, 0.6) is 0 Å². The van der Waals surface area contributed by atoms with Crippen LogP contribution >= 0.6 is 0 Å². The van der Waals surface area contributed by atoms with Gasteiger partial charge in [0.1, 0.15) is 0 Å². The Labute approximate surface area is 124 Å². The zero-order valence-electron chi connectivity index (χ0n) is 12.0. The molecule has 2 aromatic rings. The predicted octanol–water partition coefficient (Wildman–Crippen LogP) is 3.43. The molecule has 1 amide bonds. The molecule has 0 radical (unpaired) electrons. The number of methoxy groups -OCH3 is 1. The van der Waals surface area contributed by atoms with Gasteiger partial charge in [0.15, 0.2) is 0 Å². The Hall–Kier alpha value is -2.49. The number of fused-ring (bicyclic) bond motifs is 1. The minimum absolute atomic E-state index is 0.449. The molecule has 21 heavy (non-hydrogen) atoms. The number of carbonyl (C=O) groups is 1. The van der Waals surface area contributed by atoms with Gasteiger partial charge in [0, 0.05) is 24.5 Å². The molecule has 4 heteroatoms. The molecule has 1 aliphatic rings. The van der Waals surface area contributed by atoms with Crippen LogP contribution in [-0.2, 0) is 17.7 Å². The number of rotatable bonds is 2. The second-order valence-corrected chi connectivity index (χ2v) is 5.10. The van der Waals surface area contributed by atoms with E-state index in [-0.39, 0.29) is 0 Å². The topological polar surface area (TPSA) is 41.6 Å². The third-order valence-electron chi connectivity index (χ3n) is 3.79. The summed E-state index contributed by atoms with van der Waals surface area (Å²) in [5.74, 6) is 0. The molecule has 1 aliphatic heterocycles. The molecule has 0 atom stereocenters. The van der Waals surface area contributed by atoms with E-state index in [4.69, 9.17) is 0 Å². The molecule has 1 heterocycles. The molecule has 0 aliphatic carbocycles. The van der Waals surface area contributed by atoms with E-state index in [2.05, 4.69) is 39.2 Å². The first-order valence-electron chi connectivity index (χ1n) is 7.03. The lowest BCUT2D eigenvalue weighted by Crippen LogP contribution is -2.30. The van der Waals surface area contributed by atoms with E-state index in [1.165, 1.54) is 23.9 Å². The van der Waals surface area contributed by atoms with Crippen LogP contribution in [-0.4, -0.2) is 19.7 Å². The maximum atomic E-state index is 11.2. The summed E-state index contributed by atoms with van der Waals surface area (Å²) >= 11 is 0. The third kappa shape index (κ3) is 2.99. The molecule has 4 nitrogen and oxygen atoms in total. The number of nitrogens with zero attached hydrogens (tertiary/aromatic N) is 1. The number of hydrogen-bond acceptors (Lipinski definition) is 3. The van der Waals surface area contributed by atoms with Gasteiger partial charge in [-0.15, -0.1) is 0 Å². The molecule has 1 N–H and O–H groups in total. The van der Waals surface area contributed by atoms with E-state index >= 15 is 0 Å². The van der Waals surface area contributed by atoms with Crippen LogP contribution in [0.25, 0.3) is 0 Å². The zero-order valence-corrected chi connectivity index (χ0v) is 12.0. The van der Waals surface area contributed by atoms with E-state index in [0.717, 1.165) is 25.2 Å². The monoisotopic (exact) mass is 282 g/mol. The SMILES string of the molecule is COC(=O)Nc1ccc(N2CCc3ccccc3C2)cc1. The van der Waals surface area contributed by atoms with Crippen LogP contribution < -0.4 is 10.2 Å². The lowest BCUT2D eigenvalue weighted by atomic mass is 9.99. The summed E-state index contributed by atoms with van der Waals surface area (Å²) in [6, 6.07) is 16.4. The summed E-state index contributed by atoms with van der Waals surface area (Å²) in [5.41, 5.74) is 4.74. The van der Waals surface area contributed by atoms with Gasteiger partial charge in [0.25, 0.3) is 0 Å². The highest BCUT2D eigenvalue weighted by atomic mass is 16.5. The molecule has 0 aromatic heterocycles. The Bertz CT molecular complexity index is 637. The van der Waals surface area contributed by atoms with Crippen LogP contribution in [0.3, 0.4) is 0 Å². The quantitative estimate of drug-likeness (QED) is 0.917. The molecule has 0 saturated carbocycles. The molecule has 0 spiro atoms. The lowest BCUT2D eigenvalue weighted by molar-refractivity contribution is 0.187. The molecule has 0 fully saturated rings. The minimum atomic E-state index is -0.449. The van der Waals surface area contributed by atoms with Crippen LogP contribution in [0.1, 0.15) is 11.1 Å². The summed E-state index contributed by atoms with van der Waals surface area (Å²) in [5, 5.41) is 2.66. The standard InChI is InChI=1S/C17H18N2O2/c1-21-17(20)18-15-6-8-16(9-7-15)19-11-10-13-4-2-3-5-14(13)12-19/h2-9H,10-12H2,1H3,(H,18,20). The summed E-state index contributed by atoms with van der Waals surface area (Å²) in [6.07, 6.45) is 0.618. The van der Waals surface area contributed by atoms with Gasteiger partial charge in [-0.1, -0.05) is 24.3 Å². The minimum Gasteiger partial charge on any atom is -0.453 e. The smallest absolute Gasteiger partial charge is 0.411 e. The Morgan fingerprint density at radius 2 is 1.81 bits per heavy atom. The van der Waals surface area contributed by atoms with Crippen molar-refractivity contribution >= 4 is 17.5 Å². The highest BCUT2D eigenvalue weighted by molar-refractivity contribution is 5.84. The fraction of sp³-hybridized carbons (Fsp3) is 0.235. The molecular weight excluding hydrogens is 264 g/mol. The summed E-state index contributed by atoms with van der Waals surface area (Å²) in [7, 11) is 1.36. The predicted molar refractivity (Wildman–Crippen MR) is 83.7 cm³/mol. The Balaban J connectivity index is 1.72. The van der Waals surface area contributed by atoms with Crippen LogP contribution in [0.4, 0.5) is 16.2 Å². The molecule has 0 unspecified atom stereocenters. The zero-order chi connectivity index (χ0) is 14.7. The second kappa shape index (κ2) is 5.87. The number of hydrogen-bond donors (Lipinski definition) is 1. The van der Waals surface area contributed by atoms with Gasteiger partial charge >= 0.3 is 6.09 Å². The summed E-state index contributed by atoms with van der Waals surface area (Å²) in [4.78, 5) is 13.5. The van der Waals surface area contributed by atoms with Crippen molar-refractivity contribution in [3.63, 3.8) is 0 Å². The maximum absolute atomic E-state index is 11.2. The van der Waals surface area contributed by atoms with Crippen LogP contribution in [0.15, 0.2) is 48.5 Å². The van der Waals surface area contributed by atoms with Gasteiger partial charge in [-0.2, -0.15) is 0 Å². The average Bonchev–Trinajstić information content (AvgIpc) is 2.55. The van der Waals surface area contributed by atoms with Crippen molar-refractivity contribution in [3.05, 3.63) is 59.7 Å². The lowest BCUT2D eigenvalue weighted by Gasteiger charge is -2.30. The van der Waals surface area contributed by atoms with Gasteiger partial charge < -0.3 is 9.64 Å². The molecular formula is C17H18N2O2. The van der Waals surface area contributed by atoms with Gasteiger partial charge in [-0.05, 0) is 41.8 Å². The van der Waals surface area contributed by atoms with E-state index in [0.29, 0.717) is 0 Å². The molecule has 0 saturated heterocycles. The first-order valence-corrected chi connectivity index (χ1v) is 7.03. The van der Waals surface area contributed by atoms with Crippen molar-refractivity contribution in [1.82, 2.24) is 0 Å². The largest absolute Gasteiger partial charge is 0.453 e. The van der Waals surface area contributed by atoms with Crippen molar-refractivity contribution in [1.29, 1.82) is 0 Å². The van der Waals surface area contributed by atoms with Crippen molar-refractivity contribution < 1.29 is 9.53 Å². The van der Waals surface area contributed by atoms with Gasteiger partial charge in [0.05, 0.1) is 7.11 Å². The number of carbonyl (C=O) groups excluding carboxylic acids is 1. The van der Waals surface area contributed by atoms with Crippen LogP contribution in [0.2, 0.25) is 0 Å². The normalized spacial score (nSPS) is 13.5. The van der Waals surface area contributed by atoms with E-state index in [1.54, 1.807) is 0 Å². The number of anilines is 2. The molecule has 108 valence electrons. The van der Waals surface area contributed by atoms with E-state index in [9.17, 15) is 4.79 Å². The highest BCUT2D eigenvalue weighted by Crippen LogP contribution is 2.25. The second-order valence-electron chi connectivity index (χ2n) is 5.10. The number of amides is 1. The van der Waals surface area contributed by atoms with Gasteiger partial charge in [-0.25, -0.2) is 4.79 Å². The maximum Gasteiger partial charge on any atom is 0.411 e. The van der Waals surface area contributed by atoms with Crippen molar-refractivity contribution in [2.75, 3.05) is 23.9 Å². The fourth-order valence-corrected chi connectivity index (χ4v) is 2.64. The summed E-state index contributed by atoms with van der Waals surface area (Å²) < 4.78 is 4.58. The number of ether oxygens (including phenoxy) is 1. The average molecular weight is 282 g/mol. The first-order chi connectivity index (χ1) is 10.3. The van der Waals surface area contributed by atoms with E-state index in [1.807, 2.05) is 24.3 Å². The molecule has 3 rings (SSSR count). The summed E-state index contributed by atoms with van der Waals surface area (Å²) in [6.45, 7) is 1.95. The van der Waals surface area contributed by atoms with Crippen molar-refractivity contribution in [3.8, 4) is 0 Å². The number of nitrogens with one attached hydrogen (secondary N) is 1. The molecule has 0 bridgehead atoms. The van der Waals surface area contributed by atoms with Crippen LogP contribution in [0, 0.1) is 0 Å². The molecule has 2 aromatic carbocycles. The van der Waals surface area contributed by atoms with E-state index < -0.39 is 6.09 Å². The van der Waals surface area contributed by atoms with Gasteiger partial charge in [-0.3, -0.25) is 5.32 Å². The Morgan fingerprint density at radius 3 is 2.52 bits per heavy atom. The Morgan fingerprint density at radius 1 is 1.10 bits per heavy atom. The van der Waals surface area contributed by atoms with Crippen molar-refractivity contribution in [2.45, 2.75) is 13.0 Å². The highest BCUT2D eigenvalue weighted by Gasteiger charge is 2.15. The van der Waals surface area contributed by atoms with Crippen molar-refractivity contribution in [2.24, 2.45) is 0 Å². The number of benzene rings is 2.